The number of aromatic hydroxyl groups is 1. The van der Waals surface area contributed by atoms with Gasteiger partial charge in [0, 0.05) is 38.3 Å². The molecule has 5 heteroatoms. The van der Waals surface area contributed by atoms with Gasteiger partial charge >= 0.3 is 0 Å². The molecular weight excluding hydrogens is 340 g/mol. The summed E-state index contributed by atoms with van der Waals surface area (Å²) in [5.74, 6) is 0.506. The van der Waals surface area contributed by atoms with Gasteiger partial charge in [0.15, 0.2) is 17.3 Å². The minimum atomic E-state index is 0.0286. The van der Waals surface area contributed by atoms with Crippen molar-refractivity contribution in [3.63, 3.8) is 0 Å². The number of piperazine rings is 1. The third-order valence-electron chi connectivity index (χ3n) is 4.82. The molecule has 0 radical (unpaired) electrons. The second kappa shape index (κ2) is 8.73. The molecule has 142 valence electrons. The van der Waals surface area contributed by atoms with Gasteiger partial charge < -0.3 is 19.6 Å². The van der Waals surface area contributed by atoms with Crippen molar-refractivity contribution in [2.24, 2.45) is 0 Å². The van der Waals surface area contributed by atoms with E-state index in [4.69, 9.17) is 4.74 Å². The molecule has 1 fully saturated rings. The summed E-state index contributed by atoms with van der Waals surface area (Å²) < 4.78 is 5.02. The van der Waals surface area contributed by atoms with Crippen LogP contribution in [0.15, 0.2) is 48.5 Å². The van der Waals surface area contributed by atoms with Gasteiger partial charge in [-0.3, -0.25) is 4.79 Å². The molecule has 1 heterocycles. The van der Waals surface area contributed by atoms with Crippen LogP contribution in [-0.4, -0.2) is 56.1 Å². The average molecular weight is 366 g/mol. The Labute approximate surface area is 160 Å². The maximum Gasteiger partial charge on any atom is 0.160 e. The topological polar surface area (TPSA) is 53.0 Å². The van der Waals surface area contributed by atoms with Gasteiger partial charge in [0.25, 0.3) is 0 Å². The summed E-state index contributed by atoms with van der Waals surface area (Å²) in [4.78, 5) is 17.0. The number of methoxy groups -OCH3 is 1. The largest absolute Gasteiger partial charge is 0.504 e. The Bertz CT molecular complexity index is 824. The second-order valence-electron chi connectivity index (χ2n) is 6.87. The number of carbonyl (C=O) groups excluding carboxylic acids is 1. The summed E-state index contributed by atoms with van der Waals surface area (Å²) in [5.41, 5.74) is 2.95. The van der Waals surface area contributed by atoms with E-state index in [1.807, 2.05) is 12.1 Å². The second-order valence-corrected chi connectivity index (χ2v) is 6.87. The van der Waals surface area contributed by atoms with Crippen LogP contribution < -0.4 is 9.64 Å². The Kier molecular flexibility index (Phi) is 6.14. The lowest BCUT2D eigenvalue weighted by Crippen LogP contribution is -2.44. The molecule has 0 aliphatic carbocycles. The zero-order valence-corrected chi connectivity index (χ0v) is 15.9. The number of carbonyl (C=O) groups is 1. The van der Waals surface area contributed by atoms with Gasteiger partial charge in [0.1, 0.15) is 0 Å². The third kappa shape index (κ3) is 5.11. The molecule has 1 aliphatic rings. The third-order valence-corrected chi connectivity index (χ3v) is 4.82. The van der Waals surface area contributed by atoms with Crippen molar-refractivity contribution >= 4 is 17.5 Å². The predicted octanol–water partition coefficient (Wildman–Crippen LogP) is 2.98. The van der Waals surface area contributed by atoms with Crippen molar-refractivity contribution in [3.8, 4) is 11.5 Å². The normalized spacial score (nSPS) is 15.3. The molecule has 5 nitrogen and oxygen atoms in total. The maximum atomic E-state index is 12.3. The molecule has 0 unspecified atom stereocenters. The molecule has 0 amide bonds. The number of ether oxygens (including phenoxy) is 1. The van der Waals surface area contributed by atoms with E-state index in [-0.39, 0.29) is 11.5 Å². The first-order valence-corrected chi connectivity index (χ1v) is 9.15. The zero-order valence-electron chi connectivity index (χ0n) is 15.9. The molecule has 1 saturated heterocycles. The Morgan fingerprint density at radius 3 is 2.63 bits per heavy atom. The fourth-order valence-electron chi connectivity index (χ4n) is 3.19. The van der Waals surface area contributed by atoms with Crippen molar-refractivity contribution in [1.29, 1.82) is 0 Å². The standard InChI is InChI=1S/C22H26N2O3/c1-23-10-12-24(13-11-23)19-5-3-4-18(14-19)15-20(25)8-6-17-7-9-22(27-2)21(26)16-17/h3-9,14,16,26H,10-13,15H2,1-2H3/b8-6+. The average Bonchev–Trinajstić information content (AvgIpc) is 2.67. The molecule has 1 N–H and O–H groups in total. The lowest BCUT2D eigenvalue weighted by Gasteiger charge is -2.34. The molecule has 0 atom stereocenters. The van der Waals surface area contributed by atoms with Gasteiger partial charge in [-0.15, -0.1) is 0 Å². The summed E-state index contributed by atoms with van der Waals surface area (Å²) in [6, 6.07) is 13.3. The molecule has 27 heavy (non-hydrogen) atoms. The van der Waals surface area contributed by atoms with Crippen LogP contribution in [0.5, 0.6) is 11.5 Å². The van der Waals surface area contributed by atoms with Crippen LogP contribution in [0.4, 0.5) is 5.69 Å². The molecule has 0 aromatic heterocycles. The highest BCUT2D eigenvalue weighted by Crippen LogP contribution is 2.26. The number of phenols is 1. The lowest BCUT2D eigenvalue weighted by molar-refractivity contribution is -0.113. The number of ketones is 1. The van der Waals surface area contributed by atoms with Gasteiger partial charge in [-0.05, 0) is 48.5 Å². The molecule has 2 aromatic carbocycles. The van der Waals surface area contributed by atoms with Crippen molar-refractivity contribution in [3.05, 3.63) is 59.7 Å². The van der Waals surface area contributed by atoms with Crippen LogP contribution in [0.1, 0.15) is 11.1 Å². The van der Waals surface area contributed by atoms with Gasteiger partial charge in [0.2, 0.25) is 0 Å². The van der Waals surface area contributed by atoms with E-state index in [0.717, 1.165) is 37.3 Å². The number of anilines is 1. The van der Waals surface area contributed by atoms with Crippen molar-refractivity contribution in [1.82, 2.24) is 4.90 Å². The fourth-order valence-corrected chi connectivity index (χ4v) is 3.19. The quantitative estimate of drug-likeness (QED) is 0.797. The van der Waals surface area contributed by atoms with E-state index in [0.29, 0.717) is 12.2 Å². The molecular formula is C22H26N2O3. The molecule has 1 aliphatic heterocycles. The minimum absolute atomic E-state index is 0.0286. The number of benzene rings is 2. The van der Waals surface area contributed by atoms with E-state index in [1.54, 1.807) is 30.4 Å². The van der Waals surface area contributed by atoms with Crippen LogP contribution >= 0.6 is 0 Å². The first-order valence-electron chi connectivity index (χ1n) is 9.15. The smallest absolute Gasteiger partial charge is 0.160 e. The summed E-state index contributed by atoms with van der Waals surface area (Å²) in [7, 11) is 3.64. The molecule has 2 aromatic rings. The highest BCUT2D eigenvalue weighted by atomic mass is 16.5. The predicted molar refractivity (Wildman–Crippen MR) is 109 cm³/mol. The monoisotopic (exact) mass is 366 g/mol. The van der Waals surface area contributed by atoms with Gasteiger partial charge in [-0.25, -0.2) is 0 Å². The van der Waals surface area contributed by atoms with Crippen LogP contribution in [0.25, 0.3) is 6.08 Å². The van der Waals surface area contributed by atoms with Crippen molar-refractivity contribution < 1.29 is 14.6 Å². The first kappa shape index (κ1) is 19.0. The van der Waals surface area contributed by atoms with Gasteiger partial charge in [-0.1, -0.05) is 24.3 Å². The molecule has 3 rings (SSSR count). The summed E-state index contributed by atoms with van der Waals surface area (Å²) in [5, 5.41) is 9.81. The molecule has 0 saturated carbocycles. The first-order chi connectivity index (χ1) is 13.0. The van der Waals surface area contributed by atoms with E-state index in [9.17, 15) is 9.90 Å². The number of likely N-dealkylation sites (N-methyl/N-ethyl adjacent to an activating group) is 1. The number of hydrogen-bond donors (Lipinski definition) is 1. The van der Waals surface area contributed by atoms with Crippen LogP contribution in [0, 0.1) is 0 Å². The van der Waals surface area contributed by atoms with E-state index < -0.39 is 0 Å². The Hall–Kier alpha value is -2.79. The Morgan fingerprint density at radius 2 is 1.93 bits per heavy atom. The SMILES string of the molecule is COc1ccc(/C=C/C(=O)Cc2cccc(N3CCN(C)CC3)c2)cc1O. The number of nitrogens with zero attached hydrogens (tertiary/aromatic N) is 2. The van der Waals surface area contributed by atoms with E-state index >= 15 is 0 Å². The van der Waals surface area contributed by atoms with Crippen molar-refractivity contribution in [2.45, 2.75) is 6.42 Å². The fraction of sp³-hybridized carbons (Fsp3) is 0.318. The van der Waals surface area contributed by atoms with Crippen LogP contribution in [-0.2, 0) is 11.2 Å². The molecule has 0 spiro atoms. The number of hydrogen-bond acceptors (Lipinski definition) is 5. The van der Waals surface area contributed by atoms with Gasteiger partial charge in [0.05, 0.1) is 7.11 Å². The molecule has 0 bridgehead atoms. The zero-order chi connectivity index (χ0) is 19.2. The number of allylic oxidation sites excluding steroid dienone is 1. The lowest BCUT2D eigenvalue weighted by atomic mass is 10.1. The summed E-state index contributed by atoms with van der Waals surface area (Å²) >= 11 is 0. The van der Waals surface area contributed by atoms with Crippen molar-refractivity contribution in [2.75, 3.05) is 45.2 Å². The highest BCUT2D eigenvalue weighted by Gasteiger charge is 2.14. The number of phenolic OH excluding ortho intramolecular Hbond substituents is 1. The van der Waals surface area contributed by atoms with E-state index in [1.165, 1.54) is 12.8 Å². The van der Waals surface area contributed by atoms with Crippen LogP contribution in [0.2, 0.25) is 0 Å². The Balaban J connectivity index is 1.62. The number of rotatable bonds is 6. The van der Waals surface area contributed by atoms with Gasteiger partial charge in [-0.2, -0.15) is 0 Å². The summed E-state index contributed by atoms with van der Waals surface area (Å²) in [6.07, 6.45) is 3.63. The Morgan fingerprint density at radius 1 is 1.15 bits per heavy atom. The highest BCUT2D eigenvalue weighted by molar-refractivity contribution is 5.95. The summed E-state index contributed by atoms with van der Waals surface area (Å²) in [6.45, 7) is 4.13. The van der Waals surface area contributed by atoms with Crippen LogP contribution in [0.3, 0.4) is 0 Å². The van der Waals surface area contributed by atoms with E-state index in [2.05, 4.69) is 29.0 Å². The maximum absolute atomic E-state index is 12.3. The minimum Gasteiger partial charge on any atom is -0.504 e.